The predicted molar refractivity (Wildman–Crippen MR) is 70.8 cm³/mol. The first-order valence-corrected chi connectivity index (χ1v) is 5.89. The first-order chi connectivity index (χ1) is 8.52. The molecule has 0 fully saturated rings. The normalized spacial score (nSPS) is 10.2. The van der Waals surface area contributed by atoms with Crippen molar-refractivity contribution in [3.63, 3.8) is 0 Å². The maximum atomic E-state index is 11.5. The molecule has 0 unspecified atom stereocenters. The van der Waals surface area contributed by atoms with Crippen LogP contribution < -0.4 is 16.4 Å². The minimum Gasteiger partial charge on any atom is -0.351 e. The van der Waals surface area contributed by atoms with Gasteiger partial charge in [-0.1, -0.05) is 26.0 Å². The Kier molecular flexibility index (Phi) is 5.32. The molecule has 0 aliphatic carbocycles. The molecule has 0 spiro atoms. The molecule has 0 bridgehead atoms. The number of benzene rings is 1. The van der Waals surface area contributed by atoms with Gasteiger partial charge in [-0.25, -0.2) is 0 Å². The van der Waals surface area contributed by atoms with Gasteiger partial charge in [-0.3, -0.25) is 9.59 Å². The SMILES string of the molecule is CC(C)C(=O)Nc1ccc(CNC(=O)CN)cc1. The van der Waals surface area contributed by atoms with E-state index in [1.54, 1.807) is 0 Å². The molecule has 0 aromatic heterocycles. The number of nitrogens with two attached hydrogens (primary N) is 1. The smallest absolute Gasteiger partial charge is 0.234 e. The molecule has 1 aromatic carbocycles. The number of anilines is 1. The summed E-state index contributed by atoms with van der Waals surface area (Å²) in [7, 11) is 0. The van der Waals surface area contributed by atoms with Gasteiger partial charge in [-0.2, -0.15) is 0 Å². The van der Waals surface area contributed by atoms with Gasteiger partial charge in [-0.15, -0.1) is 0 Å². The molecule has 0 heterocycles. The zero-order valence-corrected chi connectivity index (χ0v) is 10.7. The van der Waals surface area contributed by atoms with Crippen molar-refractivity contribution in [2.75, 3.05) is 11.9 Å². The number of nitrogens with one attached hydrogen (secondary N) is 2. The van der Waals surface area contributed by atoms with Crippen LogP contribution in [0.1, 0.15) is 19.4 Å². The number of rotatable bonds is 5. The monoisotopic (exact) mass is 249 g/mol. The average molecular weight is 249 g/mol. The summed E-state index contributed by atoms with van der Waals surface area (Å²) in [6.07, 6.45) is 0. The molecule has 0 saturated heterocycles. The van der Waals surface area contributed by atoms with E-state index in [4.69, 9.17) is 5.73 Å². The van der Waals surface area contributed by atoms with Gasteiger partial charge in [-0.05, 0) is 17.7 Å². The largest absolute Gasteiger partial charge is 0.351 e. The molecule has 5 nitrogen and oxygen atoms in total. The summed E-state index contributed by atoms with van der Waals surface area (Å²) in [5, 5.41) is 5.47. The topological polar surface area (TPSA) is 84.2 Å². The fraction of sp³-hybridized carbons (Fsp3) is 0.385. The van der Waals surface area contributed by atoms with Crippen molar-refractivity contribution in [3.05, 3.63) is 29.8 Å². The Hall–Kier alpha value is -1.88. The summed E-state index contributed by atoms with van der Waals surface area (Å²) in [6.45, 7) is 4.11. The third-order valence-corrected chi connectivity index (χ3v) is 2.42. The molecule has 0 aliphatic rings. The Balaban J connectivity index is 2.52. The van der Waals surface area contributed by atoms with Crippen molar-refractivity contribution in [1.82, 2.24) is 5.32 Å². The van der Waals surface area contributed by atoms with Crippen LogP contribution >= 0.6 is 0 Å². The van der Waals surface area contributed by atoms with E-state index in [9.17, 15) is 9.59 Å². The lowest BCUT2D eigenvalue weighted by Crippen LogP contribution is -2.29. The van der Waals surface area contributed by atoms with Crippen LogP contribution in [0.15, 0.2) is 24.3 Å². The second-order valence-corrected chi connectivity index (χ2v) is 4.32. The highest BCUT2D eigenvalue weighted by molar-refractivity contribution is 5.92. The van der Waals surface area contributed by atoms with Crippen molar-refractivity contribution < 1.29 is 9.59 Å². The van der Waals surface area contributed by atoms with Crippen LogP contribution in [0.2, 0.25) is 0 Å². The Labute approximate surface area is 107 Å². The van der Waals surface area contributed by atoms with Crippen LogP contribution in [0.3, 0.4) is 0 Å². The Morgan fingerprint density at radius 2 is 1.83 bits per heavy atom. The summed E-state index contributed by atoms with van der Waals surface area (Å²) in [5.41, 5.74) is 6.89. The quantitative estimate of drug-likeness (QED) is 0.723. The van der Waals surface area contributed by atoms with E-state index in [2.05, 4.69) is 10.6 Å². The Morgan fingerprint density at radius 1 is 1.22 bits per heavy atom. The third-order valence-electron chi connectivity index (χ3n) is 2.42. The van der Waals surface area contributed by atoms with Crippen molar-refractivity contribution >= 4 is 17.5 Å². The van der Waals surface area contributed by atoms with Gasteiger partial charge in [0.15, 0.2) is 0 Å². The first-order valence-electron chi connectivity index (χ1n) is 5.89. The van der Waals surface area contributed by atoms with E-state index < -0.39 is 0 Å². The molecule has 98 valence electrons. The molecular weight excluding hydrogens is 230 g/mol. The van der Waals surface area contributed by atoms with E-state index in [1.807, 2.05) is 38.1 Å². The summed E-state index contributed by atoms with van der Waals surface area (Å²) < 4.78 is 0. The molecule has 5 heteroatoms. The van der Waals surface area contributed by atoms with Gasteiger partial charge in [0.2, 0.25) is 11.8 Å². The minimum absolute atomic E-state index is 0.0114. The molecule has 1 rings (SSSR count). The van der Waals surface area contributed by atoms with E-state index in [1.165, 1.54) is 0 Å². The number of amides is 2. The maximum Gasteiger partial charge on any atom is 0.234 e. The highest BCUT2D eigenvalue weighted by atomic mass is 16.2. The summed E-state index contributed by atoms with van der Waals surface area (Å²) in [5.74, 6) is -0.250. The third kappa shape index (κ3) is 4.55. The van der Waals surface area contributed by atoms with Crippen LogP contribution in [0.4, 0.5) is 5.69 Å². The fourth-order valence-electron chi connectivity index (χ4n) is 1.27. The lowest BCUT2D eigenvalue weighted by molar-refractivity contribution is -0.120. The van der Waals surface area contributed by atoms with Crippen LogP contribution in [-0.4, -0.2) is 18.4 Å². The molecule has 2 amide bonds. The zero-order chi connectivity index (χ0) is 13.5. The molecule has 0 aliphatic heterocycles. The summed E-state index contributed by atoms with van der Waals surface area (Å²) in [4.78, 5) is 22.4. The summed E-state index contributed by atoms with van der Waals surface area (Å²) in [6, 6.07) is 7.33. The molecule has 0 atom stereocenters. The van der Waals surface area contributed by atoms with Crippen molar-refractivity contribution in [3.8, 4) is 0 Å². The van der Waals surface area contributed by atoms with E-state index in [0.717, 1.165) is 11.3 Å². The molecule has 0 radical (unpaired) electrons. The van der Waals surface area contributed by atoms with Gasteiger partial charge in [0.05, 0.1) is 6.54 Å². The molecule has 1 aromatic rings. The second-order valence-electron chi connectivity index (χ2n) is 4.32. The number of hydrogen-bond acceptors (Lipinski definition) is 3. The lowest BCUT2D eigenvalue weighted by atomic mass is 10.1. The first kappa shape index (κ1) is 14.2. The number of hydrogen-bond donors (Lipinski definition) is 3. The Morgan fingerprint density at radius 3 is 2.33 bits per heavy atom. The van der Waals surface area contributed by atoms with E-state index in [-0.39, 0.29) is 24.3 Å². The van der Waals surface area contributed by atoms with Crippen LogP contribution in [0.5, 0.6) is 0 Å². The van der Waals surface area contributed by atoms with Crippen molar-refractivity contribution in [2.24, 2.45) is 11.7 Å². The van der Waals surface area contributed by atoms with Gasteiger partial charge >= 0.3 is 0 Å². The van der Waals surface area contributed by atoms with Crippen LogP contribution in [0, 0.1) is 5.92 Å². The van der Waals surface area contributed by atoms with E-state index in [0.29, 0.717) is 6.54 Å². The molecule has 4 N–H and O–H groups in total. The van der Waals surface area contributed by atoms with E-state index >= 15 is 0 Å². The molecule has 0 saturated carbocycles. The van der Waals surface area contributed by atoms with Gasteiger partial charge in [0.25, 0.3) is 0 Å². The van der Waals surface area contributed by atoms with Gasteiger partial charge in [0, 0.05) is 18.2 Å². The van der Waals surface area contributed by atoms with Gasteiger partial charge < -0.3 is 16.4 Å². The fourth-order valence-corrected chi connectivity index (χ4v) is 1.27. The number of carbonyl (C=O) groups excluding carboxylic acids is 2. The maximum absolute atomic E-state index is 11.5. The highest BCUT2D eigenvalue weighted by Crippen LogP contribution is 2.10. The van der Waals surface area contributed by atoms with Gasteiger partial charge in [0.1, 0.15) is 0 Å². The zero-order valence-electron chi connectivity index (χ0n) is 10.7. The molecular formula is C13H19N3O2. The predicted octanol–water partition coefficient (Wildman–Crippen LogP) is 0.856. The van der Waals surface area contributed by atoms with Crippen LogP contribution in [-0.2, 0) is 16.1 Å². The van der Waals surface area contributed by atoms with Crippen molar-refractivity contribution in [2.45, 2.75) is 20.4 Å². The number of carbonyl (C=O) groups is 2. The minimum atomic E-state index is -0.188. The van der Waals surface area contributed by atoms with Crippen LogP contribution in [0.25, 0.3) is 0 Å². The summed E-state index contributed by atoms with van der Waals surface area (Å²) >= 11 is 0. The molecule has 18 heavy (non-hydrogen) atoms. The van der Waals surface area contributed by atoms with Crippen molar-refractivity contribution in [1.29, 1.82) is 0 Å². The average Bonchev–Trinajstić information content (AvgIpc) is 2.37. The standard InChI is InChI=1S/C13H19N3O2/c1-9(2)13(18)16-11-5-3-10(4-6-11)8-15-12(17)7-14/h3-6,9H,7-8,14H2,1-2H3,(H,15,17)(H,16,18). The lowest BCUT2D eigenvalue weighted by Gasteiger charge is -2.09. The highest BCUT2D eigenvalue weighted by Gasteiger charge is 2.06. The Bertz CT molecular complexity index is 413. The second kappa shape index (κ2) is 6.76.